The van der Waals surface area contributed by atoms with Crippen LogP contribution in [-0.4, -0.2) is 64.7 Å². The largest absolute Gasteiger partial charge is 0.497 e. The minimum absolute atomic E-state index is 0.0265. The average molecular weight is 651 g/mol. The van der Waals surface area contributed by atoms with Gasteiger partial charge >= 0.3 is 0 Å². The molecule has 0 radical (unpaired) electrons. The zero-order valence-electron chi connectivity index (χ0n) is 24.7. The fraction of sp³-hybridized carbons (Fsp3) is 0.355. The number of sulfonamides is 1. The number of benzene rings is 3. The highest BCUT2D eigenvalue weighted by atomic mass is 35.5. The lowest BCUT2D eigenvalue weighted by Crippen LogP contribution is -2.53. The number of anilines is 1. The molecule has 1 atom stereocenters. The molecule has 3 aromatic carbocycles. The van der Waals surface area contributed by atoms with E-state index in [-0.39, 0.29) is 35.3 Å². The van der Waals surface area contributed by atoms with Crippen LogP contribution in [0.25, 0.3) is 0 Å². The normalized spacial score (nSPS) is 11.9. The molecule has 1 unspecified atom stereocenters. The van der Waals surface area contributed by atoms with E-state index >= 15 is 0 Å². The van der Waals surface area contributed by atoms with Gasteiger partial charge < -0.3 is 19.7 Å². The number of methoxy groups -OCH3 is 2. The number of unbranched alkanes of at least 4 members (excludes halogenated alkanes) is 1. The van der Waals surface area contributed by atoms with Gasteiger partial charge in [0.25, 0.3) is 0 Å². The molecule has 0 bridgehead atoms. The van der Waals surface area contributed by atoms with E-state index in [1.165, 1.54) is 25.2 Å². The summed E-state index contributed by atoms with van der Waals surface area (Å²) in [7, 11) is -1.15. The first-order valence-electron chi connectivity index (χ1n) is 13.7. The second-order valence-corrected chi connectivity index (χ2v) is 12.6. The zero-order valence-corrected chi connectivity index (χ0v) is 27.0. The van der Waals surface area contributed by atoms with Crippen LogP contribution in [-0.2, 0) is 32.6 Å². The van der Waals surface area contributed by atoms with Crippen LogP contribution in [0.15, 0.2) is 66.7 Å². The number of halogens is 2. The minimum Gasteiger partial charge on any atom is -0.497 e. The zero-order chi connectivity index (χ0) is 31.6. The van der Waals surface area contributed by atoms with Crippen LogP contribution in [0.3, 0.4) is 0 Å². The predicted molar refractivity (Wildman–Crippen MR) is 171 cm³/mol. The van der Waals surface area contributed by atoms with Gasteiger partial charge in [-0.3, -0.25) is 13.9 Å². The molecule has 0 saturated heterocycles. The molecule has 0 aliphatic heterocycles. The summed E-state index contributed by atoms with van der Waals surface area (Å²) >= 11 is 12.4. The van der Waals surface area contributed by atoms with E-state index in [1.807, 2.05) is 37.3 Å². The summed E-state index contributed by atoms with van der Waals surface area (Å²) in [5, 5.41) is 3.58. The molecule has 0 saturated carbocycles. The van der Waals surface area contributed by atoms with Gasteiger partial charge in [-0.25, -0.2) is 8.42 Å². The first kappa shape index (κ1) is 34.0. The van der Waals surface area contributed by atoms with Gasteiger partial charge in [-0.05, 0) is 41.8 Å². The van der Waals surface area contributed by atoms with E-state index in [0.29, 0.717) is 22.9 Å². The van der Waals surface area contributed by atoms with Crippen LogP contribution in [0, 0.1) is 0 Å². The van der Waals surface area contributed by atoms with Crippen LogP contribution < -0.4 is 19.1 Å². The first-order chi connectivity index (χ1) is 20.5. The number of hydrogen-bond donors (Lipinski definition) is 1. The van der Waals surface area contributed by atoms with Crippen molar-refractivity contribution in [2.24, 2.45) is 0 Å². The molecular weight excluding hydrogens is 613 g/mol. The van der Waals surface area contributed by atoms with Crippen LogP contribution in [0.4, 0.5) is 5.69 Å². The topological polar surface area (TPSA) is 105 Å². The standard InChI is InChI=1S/C31H37Cl2N3O6S/c1-5-6-16-34-31(38)28(18-22-10-8-7-9-11-22)35(20-23-12-14-25(32)26(33)17-23)30(37)21-36(43(4,39)40)27-19-24(41-2)13-15-29(27)42-3/h7-15,17,19,28H,5-6,16,18,20-21H2,1-4H3,(H,34,38). The summed E-state index contributed by atoms with van der Waals surface area (Å²) in [4.78, 5) is 29.3. The average Bonchev–Trinajstić information content (AvgIpc) is 2.99. The van der Waals surface area contributed by atoms with Gasteiger partial charge in [0.1, 0.15) is 24.1 Å². The van der Waals surface area contributed by atoms with Crippen molar-refractivity contribution in [1.29, 1.82) is 0 Å². The third kappa shape index (κ3) is 9.51. The summed E-state index contributed by atoms with van der Waals surface area (Å²) < 4.78 is 37.9. The molecule has 0 fully saturated rings. The minimum atomic E-state index is -4.00. The lowest BCUT2D eigenvalue weighted by Gasteiger charge is -2.34. The van der Waals surface area contributed by atoms with Gasteiger partial charge in [-0.15, -0.1) is 0 Å². The van der Waals surface area contributed by atoms with Gasteiger partial charge in [-0.1, -0.05) is 72.9 Å². The number of nitrogens with zero attached hydrogens (tertiary/aromatic N) is 2. The highest BCUT2D eigenvalue weighted by Gasteiger charge is 2.34. The lowest BCUT2D eigenvalue weighted by atomic mass is 10.0. The van der Waals surface area contributed by atoms with Crippen molar-refractivity contribution in [3.05, 3.63) is 87.9 Å². The van der Waals surface area contributed by atoms with Gasteiger partial charge in [0, 0.05) is 25.6 Å². The van der Waals surface area contributed by atoms with Crippen molar-refractivity contribution in [3.8, 4) is 11.5 Å². The van der Waals surface area contributed by atoms with E-state index in [4.69, 9.17) is 32.7 Å². The second kappa shape index (κ2) is 15.8. The third-order valence-corrected chi connectivity index (χ3v) is 8.64. The van der Waals surface area contributed by atoms with Crippen molar-refractivity contribution in [3.63, 3.8) is 0 Å². The van der Waals surface area contributed by atoms with Gasteiger partial charge in [0.2, 0.25) is 21.8 Å². The van der Waals surface area contributed by atoms with Crippen LogP contribution in [0.5, 0.6) is 11.5 Å². The van der Waals surface area contributed by atoms with E-state index in [1.54, 1.807) is 30.3 Å². The molecule has 3 aromatic rings. The third-order valence-electron chi connectivity index (χ3n) is 6.77. The Balaban J connectivity index is 2.11. The SMILES string of the molecule is CCCCNC(=O)C(Cc1ccccc1)N(Cc1ccc(Cl)c(Cl)c1)C(=O)CN(c1cc(OC)ccc1OC)S(C)(=O)=O. The van der Waals surface area contributed by atoms with Gasteiger partial charge in [0.05, 0.1) is 36.2 Å². The van der Waals surface area contributed by atoms with E-state index < -0.39 is 28.5 Å². The van der Waals surface area contributed by atoms with Crippen LogP contribution in [0.1, 0.15) is 30.9 Å². The molecular formula is C31H37Cl2N3O6S. The Morgan fingerprint density at radius 1 is 0.930 bits per heavy atom. The number of hydrogen-bond acceptors (Lipinski definition) is 6. The number of rotatable bonds is 15. The predicted octanol–water partition coefficient (Wildman–Crippen LogP) is 5.33. The van der Waals surface area contributed by atoms with Gasteiger partial charge in [-0.2, -0.15) is 0 Å². The highest BCUT2D eigenvalue weighted by molar-refractivity contribution is 7.92. The van der Waals surface area contributed by atoms with E-state index in [2.05, 4.69) is 5.32 Å². The number of nitrogens with one attached hydrogen (secondary N) is 1. The van der Waals surface area contributed by atoms with E-state index in [9.17, 15) is 18.0 Å². The molecule has 0 aliphatic carbocycles. The van der Waals surface area contributed by atoms with Crippen molar-refractivity contribution in [2.75, 3.05) is 37.9 Å². The maximum atomic E-state index is 14.3. The quantitative estimate of drug-likeness (QED) is 0.223. The molecule has 0 heterocycles. The Morgan fingerprint density at radius 2 is 1.65 bits per heavy atom. The van der Waals surface area contributed by atoms with Crippen molar-refractivity contribution in [2.45, 2.75) is 38.8 Å². The molecule has 3 rings (SSSR count). The Bertz CT molecular complexity index is 1500. The molecule has 0 aliphatic rings. The van der Waals surface area contributed by atoms with Crippen molar-refractivity contribution >= 4 is 50.7 Å². The maximum Gasteiger partial charge on any atom is 0.244 e. The molecule has 0 aromatic heterocycles. The lowest BCUT2D eigenvalue weighted by molar-refractivity contribution is -0.140. The van der Waals surface area contributed by atoms with Crippen molar-refractivity contribution in [1.82, 2.24) is 10.2 Å². The smallest absolute Gasteiger partial charge is 0.244 e. The number of carbonyl (C=O) groups excluding carboxylic acids is 2. The van der Waals surface area contributed by atoms with Crippen molar-refractivity contribution < 1.29 is 27.5 Å². The Morgan fingerprint density at radius 3 is 2.26 bits per heavy atom. The number of carbonyl (C=O) groups is 2. The molecule has 2 amide bonds. The second-order valence-electron chi connectivity index (χ2n) is 9.93. The summed E-state index contributed by atoms with van der Waals surface area (Å²) in [6, 6.07) is 18.0. The monoisotopic (exact) mass is 649 g/mol. The Hall–Kier alpha value is -3.47. The Kier molecular flexibility index (Phi) is 12.5. The summed E-state index contributed by atoms with van der Waals surface area (Å²) in [6.07, 6.45) is 2.85. The molecule has 0 spiro atoms. The Labute approximate surface area is 263 Å². The summed E-state index contributed by atoms with van der Waals surface area (Å²) in [6.45, 7) is 1.82. The fourth-order valence-corrected chi connectivity index (χ4v) is 5.65. The number of amides is 2. The summed E-state index contributed by atoms with van der Waals surface area (Å²) in [5.74, 6) is -0.349. The molecule has 43 heavy (non-hydrogen) atoms. The molecule has 1 N–H and O–H groups in total. The highest BCUT2D eigenvalue weighted by Crippen LogP contribution is 2.34. The number of ether oxygens (including phenoxy) is 2. The summed E-state index contributed by atoms with van der Waals surface area (Å²) in [5.41, 5.74) is 1.57. The first-order valence-corrected chi connectivity index (χ1v) is 16.3. The van der Waals surface area contributed by atoms with Crippen LogP contribution in [0.2, 0.25) is 10.0 Å². The van der Waals surface area contributed by atoms with Crippen LogP contribution >= 0.6 is 23.2 Å². The van der Waals surface area contributed by atoms with Gasteiger partial charge in [0.15, 0.2) is 0 Å². The molecule has 9 nitrogen and oxygen atoms in total. The molecule has 12 heteroatoms. The fourth-order valence-electron chi connectivity index (χ4n) is 4.48. The maximum absolute atomic E-state index is 14.3. The molecule has 232 valence electrons. The van der Waals surface area contributed by atoms with E-state index in [0.717, 1.165) is 29.0 Å².